The van der Waals surface area contributed by atoms with Crippen molar-refractivity contribution in [1.82, 2.24) is 0 Å². The molecule has 0 saturated heterocycles. The van der Waals surface area contributed by atoms with Gasteiger partial charge in [-0.05, 0) is 0 Å². The summed E-state index contributed by atoms with van der Waals surface area (Å²) in [6, 6.07) is 42.5. The van der Waals surface area contributed by atoms with Gasteiger partial charge in [0.15, 0.2) is 0 Å². The van der Waals surface area contributed by atoms with E-state index < -0.39 is 5.46 Å². The molecule has 0 aliphatic rings. The number of hydrogen-bond donors (Lipinski definition) is 1. The van der Waals surface area contributed by atoms with Gasteiger partial charge < -0.3 is 0 Å². The fraction of sp³-hybridized carbons (Fsp3) is 0. The van der Waals surface area contributed by atoms with Crippen LogP contribution >= 0.6 is 20.9 Å². The first-order valence-electron chi connectivity index (χ1n) is 8.96. The number of rotatable bonds is 5. The summed E-state index contributed by atoms with van der Waals surface area (Å²) in [7, 11) is 0. The van der Waals surface area contributed by atoms with Crippen LogP contribution < -0.4 is 21.0 Å². The fourth-order valence-corrected chi connectivity index (χ4v) is 10.4. The van der Waals surface area contributed by atoms with Crippen LogP contribution in [-0.2, 0) is 0 Å². The van der Waals surface area contributed by atoms with Gasteiger partial charge in [-0.1, -0.05) is 0 Å². The molecule has 4 aromatic rings. The Balaban J connectivity index is 2.09. The summed E-state index contributed by atoms with van der Waals surface area (Å²) in [6.45, 7) is 0. The molecule has 0 saturated carbocycles. The van der Waals surface area contributed by atoms with E-state index in [1.165, 1.54) is 15.9 Å². The molecular formula is C24H21BrNP. The number of halogens is 1. The van der Waals surface area contributed by atoms with E-state index >= 15 is 0 Å². The summed E-state index contributed by atoms with van der Waals surface area (Å²) < 4.78 is 0. The van der Waals surface area contributed by atoms with Crippen molar-refractivity contribution in [2.24, 2.45) is 0 Å². The van der Waals surface area contributed by atoms with Gasteiger partial charge >= 0.3 is 169 Å². The second kappa shape index (κ2) is 7.31. The Bertz CT molecular complexity index is 906. The van der Waals surface area contributed by atoms with E-state index in [0.717, 1.165) is 5.69 Å². The first-order chi connectivity index (χ1) is 13.2. The molecule has 0 fully saturated rings. The van der Waals surface area contributed by atoms with E-state index in [4.69, 9.17) is 0 Å². The van der Waals surface area contributed by atoms with Crippen LogP contribution in [-0.4, -0.2) is 0 Å². The maximum atomic E-state index is 4.37. The Morgan fingerprint density at radius 3 is 1.07 bits per heavy atom. The van der Waals surface area contributed by atoms with Crippen molar-refractivity contribution in [2.45, 2.75) is 0 Å². The average molecular weight is 434 g/mol. The number of anilines is 1. The van der Waals surface area contributed by atoms with Crippen molar-refractivity contribution in [1.29, 1.82) is 0 Å². The first-order valence-corrected chi connectivity index (χ1v) is 13.2. The SMILES string of the molecule is BrP(Nc1ccccc1)(c1ccccc1)(c1ccccc1)c1ccccc1. The second-order valence-corrected chi connectivity index (χ2v) is 14.5. The Morgan fingerprint density at radius 2 is 0.741 bits per heavy atom. The Kier molecular flexibility index (Phi) is 4.86. The van der Waals surface area contributed by atoms with Crippen molar-refractivity contribution < 1.29 is 0 Å². The Hall–Kier alpha value is -2.41. The van der Waals surface area contributed by atoms with Crippen molar-refractivity contribution in [3.05, 3.63) is 121 Å². The maximum absolute atomic E-state index is 4.37. The molecule has 0 radical (unpaired) electrons. The number of benzene rings is 4. The number of para-hydroxylation sites is 1. The summed E-state index contributed by atoms with van der Waals surface area (Å²) >= 11 is 4.37. The van der Waals surface area contributed by atoms with Crippen molar-refractivity contribution in [3.63, 3.8) is 0 Å². The quantitative estimate of drug-likeness (QED) is 0.389. The topological polar surface area (TPSA) is 12.0 Å². The minimum atomic E-state index is -3.12. The van der Waals surface area contributed by atoms with Crippen molar-refractivity contribution in [3.8, 4) is 0 Å². The normalized spacial score (nSPS) is 12.7. The van der Waals surface area contributed by atoms with Gasteiger partial charge in [0.05, 0.1) is 0 Å². The van der Waals surface area contributed by atoms with Crippen LogP contribution in [0, 0.1) is 0 Å². The zero-order chi connectivity index (χ0) is 18.6. The van der Waals surface area contributed by atoms with Gasteiger partial charge in [-0.3, -0.25) is 0 Å². The van der Waals surface area contributed by atoms with Crippen molar-refractivity contribution in [2.75, 3.05) is 5.09 Å². The van der Waals surface area contributed by atoms with Gasteiger partial charge in [-0.15, -0.1) is 0 Å². The molecule has 4 rings (SSSR count). The molecule has 1 nitrogen and oxygen atoms in total. The molecule has 0 aliphatic carbocycles. The van der Waals surface area contributed by atoms with E-state index in [9.17, 15) is 0 Å². The van der Waals surface area contributed by atoms with Crippen LogP contribution in [0.2, 0.25) is 0 Å². The van der Waals surface area contributed by atoms with E-state index in [-0.39, 0.29) is 0 Å². The van der Waals surface area contributed by atoms with E-state index in [1.54, 1.807) is 0 Å². The monoisotopic (exact) mass is 433 g/mol. The molecule has 3 heteroatoms. The first kappa shape index (κ1) is 18.0. The zero-order valence-electron chi connectivity index (χ0n) is 14.9. The third-order valence-electron chi connectivity index (χ3n) is 4.84. The van der Waals surface area contributed by atoms with Gasteiger partial charge in [0.1, 0.15) is 0 Å². The molecule has 27 heavy (non-hydrogen) atoms. The van der Waals surface area contributed by atoms with E-state index in [1.807, 2.05) is 6.07 Å². The fourth-order valence-electron chi connectivity index (χ4n) is 3.52. The number of nitrogens with one attached hydrogen (secondary N) is 1. The van der Waals surface area contributed by atoms with Gasteiger partial charge in [-0.2, -0.15) is 0 Å². The minimum absolute atomic E-state index is 1.09. The molecule has 0 bridgehead atoms. The third kappa shape index (κ3) is 3.10. The molecule has 134 valence electrons. The summed E-state index contributed by atoms with van der Waals surface area (Å²) in [5.41, 5.74) is -2.03. The molecule has 0 aliphatic heterocycles. The van der Waals surface area contributed by atoms with Crippen LogP contribution in [0.4, 0.5) is 5.69 Å². The Morgan fingerprint density at radius 1 is 0.444 bits per heavy atom. The van der Waals surface area contributed by atoms with Gasteiger partial charge in [0, 0.05) is 0 Å². The zero-order valence-corrected chi connectivity index (χ0v) is 17.4. The molecule has 0 aromatic heterocycles. The van der Waals surface area contributed by atoms with Crippen LogP contribution in [0.3, 0.4) is 0 Å². The molecule has 0 amide bonds. The predicted molar refractivity (Wildman–Crippen MR) is 124 cm³/mol. The molecule has 0 spiro atoms. The summed E-state index contributed by atoms with van der Waals surface area (Å²) in [5, 5.41) is 7.69. The van der Waals surface area contributed by atoms with E-state index in [0.29, 0.717) is 0 Å². The van der Waals surface area contributed by atoms with Gasteiger partial charge in [0.25, 0.3) is 0 Å². The second-order valence-electron chi connectivity index (χ2n) is 6.49. The molecule has 4 aromatic carbocycles. The van der Waals surface area contributed by atoms with Crippen LogP contribution in [0.5, 0.6) is 0 Å². The average Bonchev–Trinajstić information content (AvgIpc) is 2.76. The Labute approximate surface area is 168 Å². The standard InChI is InChI=1S/C24H21BrNP/c25-27(22-15-7-2-8-16-22,23-17-9-3-10-18-23,24-19-11-4-12-20-24)26-21-13-5-1-6-14-21/h1-20,26H. The summed E-state index contributed by atoms with van der Waals surface area (Å²) in [6.07, 6.45) is 0. The van der Waals surface area contributed by atoms with Crippen LogP contribution in [0.1, 0.15) is 0 Å². The summed E-state index contributed by atoms with van der Waals surface area (Å²) in [4.78, 5) is 0. The van der Waals surface area contributed by atoms with E-state index in [2.05, 4.69) is 136 Å². The van der Waals surface area contributed by atoms with Gasteiger partial charge in [-0.25, -0.2) is 0 Å². The molecule has 0 heterocycles. The predicted octanol–water partition coefficient (Wildman–Crippen LogP) is 5.85. The molecule has 1 N–H and O–H groups in total. The van der Waals surface area contributed by atoms with Gasteiger partial charge in [0.2, 0.25) is 0 Å². The molecule has 0 unspecified atom stereocenters. The van der Waals surface area contributed by atoms with Crippen LogP contribution in [0.25, 0.3) is 0 Å². The number of hydrogen-bond acceptors (Lipinski definition) is 1. The molecule has 0 atom stereocenters. The van der Waals surface area contributed by atoms with Crippen LogP contribution in [0.15, 0.2) is 121 Å². The third-order valence-corrected chi connectivity index (χ3v) is 13.5. The molecular weight excluding hydrogens is 413 g/mol. The summed E-state index contributed by atoms with van der Waals surface area (Å²) in [5.74, 6) is 0. The van der Waals surface area contributed by atoms with Crippen molar-refractivity contribution >= 4 is 42.5 Å².